The van der Waals surface area contributed by atoms with Gasteiger partial charge in [0.1, 0.15) is 11.7 Å². The third-order valence-corrected chi connectivity index (χ3v) is 13.9. The van der Waals surface area contributed by atoms with Crippen LogP contribution >= 0.6 is 0 Å². The van der Waals surface area contributed by atoms with E-state index in [0.717, 1.165) is 44.1 Å². The molecule has 0 bridgehead atoms. The first kappa shape index (κ1) is 33.9. The largest absolute Gasteiger partial charge is 0.444 e. The lowest BCUT2D eigenvalue weighted by molar-refractivity contribution is -0.179. The second-order valence-corrected chi connectivity index (χ2v) is 17.7. The zero-order chi connectivity index (χ0) is 33.5. The van der Waals surface area contributed by atoms with Crippen LogP contribution in [0.25, 0.3) is 0 Å². The summed E-state index contributed by atoms with van der Waals surface area (Å²) in [5.41, 5.74) is -1.44. The van der Waals surface area contributed by atoms with Crippen molar-refractivity contribution in [1.82, 2.24) is 4.90 Å². The lowest BCUT2D eigenvalue weighted by Crippen LogP contribution is -2.66. The fourth-order valence-electron chi connectivity index (χ4n) is 11.3. The van der Waals surface area contributed by atoms with Crippen LogP contribution in [0.2, 0.25) is 0 Å². The fourth-order valence-corrected chi connectivity index (χ4v) is 11.3. The van der Waals surface area contributed by atoms with Crippen LogP contribution in [0.5, 0.6) is 0 Å². The molecule has 9 atom stereocenters. The number of allylic oxidation sites excluding steroid dienone is 4. The Bertz CT molecular complexity index is 1380. The van der Waals surface area contributed by atoms with Gasteiger partial charge in [-0.15, -0.1) is 0 Å². The molecule has 3 saturated carbocycles. The molecule has 1 N–H and O–H groups in total. The van der Waals surface area contributed by atoms with E-state index < -0.39 is 22.5 Å². The molecular weight excluding hydrogens is 564 g/mol. The highest BCUT2D eigenvalue weighted by Gasteiger charge is 2.70. The van der Waals surface area contributed by atoms with E-state index in [-0.39, 0.29) is 70.2 Å². The van der Waals surface area contributed by atoms with Gasteiger partial charge in [-0.25, -0.2) is 4.79 Å². The summed E-state index contributed by atoms with van der Waals surface area (Å²) in [7, 11) is 0. The number of rotatable bonds is 4. The highest BCUT2D eigenvalue weighted by molar-refractivity contribution is 6.04. The van der Waals surface area contributed by atoms with Crippen molar-refractivity contribution in [3.8, 4) is 6.07 Å². The predicted molar refractivity (Wildman–Crippen MR) is 174 cm³/mol. The maximum Gasteiger partial charge on any atom is 0.410 e. The Labute approximate surface area is 270 Å². The summed E-state index contributed by atoms with van der Waals surface area (Å²) in [5, 5.41) is 20.0. The minimum atomic E-state index is -0.690. The average Bonchev–Trinajstić information content (AvgIpc) is 2.94. The Morgan fingerprint density at radius 1 is 1.07 bits per heavy atom. The Hall–Kier alpha value is -2.46. The van der Waals surface area contributed by atoms with Gasteiger partial charge < -0.3 is 14.7 Å². The van der Waals surface area contributed by atoms with Gasteiger partial charge in [-0.1, -0.05) is 60.1 Å². The number of fused-ring (bicyclic) bond motifs is 7. The lowest BCUT2D eigenvalue weighted by Gasteiger charge is -2.70. The minimum Gasteiger partial charge on any atom is -0.444 e. The van der Waals surface area contributed by atoms with E-state index in [1.165, 1.54) is 0 Å². The number of aliphatic hydroxyl groups excluding tert-OH is 1. The standard InChI is InChI=1S/C38H56N2O5/c1-23-11-14-38(22-40(17-18-41)32(44)45-33(3,4)5)16-15-37(10)30(29(38)24(23)2)26(42)19-28-35(8)20-25(21-39)31(43)34(6,7)27(35)12-13-36(28,37)9/h19-20,23-24,27,29-30,41H,11-18,22H2,1-10H3/t23-,24+,27+,29+,30-,35+,36-,37-,38-/m1/s1. The van der Waals surface area contributed by atoms with Gasteiger partial charge in [0.2, 0.25) is 0 Å². The molecule has 5 rings (SSSR count). The van der Waals surface area contributed by atoms with E-state index >= 15 is 0 Å². The fraction of sp³-hybridized carbons (Fsp3) is 0.789. The number of nitriles is 1. The van der Waals surface area contributed by atoms with E-state index in [4.69, 9.17) is 4.74 Å². The van der Waals surface area contributed by atoms with Gasteiger partial charge >= 0.3 is 6.09 Å². The average molecular weight is 621 g/mol. The van der Waals surface area contributed by atoms with Crippen molar-refractivity contribution in [2.75, 3.05) is 19.7 Å². The summed E-state index contributed by atoms with van der Waals surface area (Å²) in [5.74, 6) is 0.685. The molecule has 0 aromatic rings. The molecular formula is C38H56N2O5. The number of ketones is 2. The van der Waals surface area contributed by atoms with Gasteiger partial charge in [-0.05, 0) is 105 Å². The van der Waals surface area contributed by atoms with Gasteiger partial charge in [-0.3, -0.25) is 9.59 Å². The highest BCUT2D eigenvalue weighted by Crippen LogP contribution is 2.74. The van der Waals surface area contributed by atoms with Gasteiger partial charge in [0.25, 0.3) is 0 Å². The van der Waals surface area contributed by atoms with Crippen LogP contribution in [-0.4, -0.2) is 53.0 Å². The van der Waals surface area contributed by atoms with Gasteiger partial charge in [0, 0.05) is 29.8 Å². The van der Waals surface area contributed by atoms with E-state index in [1.807, 2.05) is 46.8 Å². The molecule has 5 aliphatic rings. The molecule has 7 heteroatoms. The lowest BCUT2D eigenvalue weighted by atomic mass is 9.34. The molecule has 5 aliphatic carbocycles. The van der Waals surface area contributed by atoms with Crippen molar-refractivity contribution >= 4 is 17.7 Å². The maximum absolute atomic E-state index is 14.8. The van der Waals surface area contributed by atoms with Crippen LogP contribution in [0.3, 0.4) is 0 Å². The van der Waals surface area contributed by atoms with Crippen molar-refractivity contribution in [2.45, 2.75) is 113 Å². The molecule has 0 radical (unpaired) electrons. The summed E-state index contributed by atoms with van der Waals surface area (Å²) in [6, 6.07) is 2.20. The van der Waals surface area contributed by atoms with Crippen molar-refractivity contribution < 1.29 is 24.2 Å². The summed E-state index contributed by atoms with van der Waals surface area (Å²) in [4.78, 5) is 43.3. The van der Waals surface area contributed by atoms with Gasteiger partial charge in [0.15, 0.2) is 11.6 Å². The first-order chi connectivity index (χ1) is 20.7. The summed E-state index contributed by atoms with van der Waals surface area (Å²) in [6.07, 6.45) is 8.91. The number of aliphatic hydroxyl groups is 1. The van der Waals surface area contributed by atoms with Crippen LogP contribution in [0, 0.1) is 68.0 Å². The maximum atomic E-state index is 14.8. The zero-order valence-corrected chi connectivity index (χ0v) is 29.4. The van der Waals surface area contributed by atoms with Crippen molar-refractivity contribution in [2.24, 2.45) is 56.7 Å². The Kier molecular flexibility index (Phi) is 8.13. The number of hydrogen-bond donors (Lipinski definition) is 1. The smallest absolute Gasteiger partial charge is 0.410 e. The molecule has 7 nitrogen and oxygen atoms in total. The first-order valence-corrected chi connectivity index (χ1v) is 17.3. The molecule has 0 aromatic carbocycles. The number of Topliss-reactive ketones (excluding diaryl/α,β-unsaturated/α-hetero) is 1. The van der Waals surface area contributed by atoms with Crippen LogP contribution in [0.15, 0.2) is 23.3 Å². The second kappa shape index (κ2) is 10.8. The molecule has 0 heterocycles. The number of nitrogens with zero attached hydrogens (tertiary/aromatic N) is 2. The monoisotopic (exact) mass is 620 g/mol. The van der Waals surface area contributed by atoms with Crippen LogP contribution in [-0.2, 0) is 14.3 Å². The Morgan fingerprint density at radius 2 is 1.73 bits per heavy atom. The predicted octanol–water partition coefficient (Wildman–Crippen LogP) is 7.29. The molecule has 0 saturated heterocycles. The SMILES string of the molecule is C[C@@H]1[C@H]2[C@H]3C(=O)C=C4[C@@]5(C)C=C(C#N)C(=O)C(C)(C)[C@@H]5CC[C@@]4(C)[C@]3(C)CC[C@@]2(CN(CCO)C(=O)OC(C)(C)C)CC[C@H]1C. The van der Waals surface area contributed by atoms with Crippen molar-refractivity contribution in [3.63, 3.8) is 0 Å². The van der Waals surface area contributed by atoms with Gasteiger partial charge in [0.05, 0.1) is 12.2 Å². The highest BCUT2D eigenvalue weighted by atomic mass is 16.6. The number of amides is 1. The molecule has 0 aromatic heterocycles. The second-order valence-electron chi connectivity index (χ2n) is 17.7. The molecule has 1 amide bonds. The number of carbonyl (C=O) groups is 3. The number of carbonyl (C=O) groups excluding carboxylic acids is 3. The third kappa shape index (κ3) is 4.86. The molecule has 0 unspecified atom stereocenters. The minimum absolute atomic E-state index is 0.0130. The van der Waals surface area contributed by atoms with Crippen LogP contribution in [0.4, 0.5) is 4.79 Å². The number of ether oxygens (including phenoxy) is 1. The van der Waals surface area contributed by atoms with Crippen molar-refractivity contribution in [3.05, 3.63) is 23.3 Å². The molecule has 45 heavy (non-hydrogen) atoms. The zero-order valence-electron chi connectivity index (χ0n) is 29.4. The van der Waals surface area contributed by atoms with Crippen molar-refractivity contribution in [1.29, 1.82) is 5.26 Å². The molecule has 3 fully saturated rings. The molecule has 0 aliphatic heterocycles. The summed E-state index contributed by atoms with van der Waals surface area (Å²) < 4.78 is 5.80. The van der Waals surface area contributed by atoms with Crippen LogP contribution < -0.4 is 0 Å². The molecule has 0 spiro atoms. The topological polar surface area (TPSA) is 108 Å². The third-order valence-electron chi connectivity index (χ3n) is 13.9. The first-order valence-electron chi connectivity index (χ1n) is 17.3. The Balaban J connectivity index is 1.63. The van der Waals surface area contributed by atoms with Crippen LogP contribution in [0.1, 0.15) is 108 Å². The summed E-state index contributed by atoms with van der Waals surface area (Å²) in [6.45, 7) is 21.5. The van der Waals surface area contributed by atoms with Gasteiger partial charge in [-0.2, -0.15) is 5.26 Å². The summed E-state index contributed by atoms with van der Waals surface area (Å²) >= 11 is 0. The number of hydrogen-bond acceptors (Lipinski definition) is 6. The quantitative estimate of drug-likeness (QED) is 0.354. The van der Waals surface area contributed by atoms with E-state index in [2.05, 4.69) is 40.7 Å². The van der Waals surface area contributed by atoms with E-state index in [9.17, 15) is 24.8 Å². The van der Waals surface area contributed by atoms with E-state index in [0.29, 0.717) is 12.5 Å². The normalized spacial score (nSPS) is 42.1. The molecule has 248 valence electrons. The Morgan fingerprint density at radius 3 is 2.33 bits per heavy atom. The van der Waals surface area contributed by atoms with E-state index in [1.54, 1.807) is 4.90 Å².